The van der Waals surface area contributed by atoms with Crippen molar-refractivity contribution in [1.29, 1.82) is 0 Å². The summed E-state index contributed by atoms with van der Waals surface area (Å²) < 4.78 is 7.84. The van der Waals surface area contributed by atoms with Crippen LogP contribution in [0.25, 0.3) is 0 Å². The van der Waals surface area contributed by atoms with Crippen LogP contribution in [-0.2, 0) is 19.7 Å². The molecule has 0 amide bonds. The third-order valence-electron chi connectivity index (χ3n) is 3.67. The SMILES string of the molecule is Brc1cc(CNCc2cccnc2)cc(Br)c1OCc1ccccc1.Cl. The molecule has 0 fully saturated rings. The molecule has 3 aromatic rings. The Kier molecular flexibility index (Phi) is 8.59. The Balaban J connectivity index is 0.00000243. The maximum Gasteiger partial charge on any atom is 0.148 e. The number of hydrogen-bond donors (Lipinski definition) is 1. The molecule has 0 unspecified atom stereocenters. The smallest absolute Gasteiger partial charge is 0.148 e. The molecule has 1 N–H and O–H groups in total. The molecule has 26 heavy (non-hydrogen) atoms. The third-order valence-corrected chi connectivity index (χ3v) is 4.84. The van der Waals surface area contributed by atoms with Gasteiger partial charge in [0.05, 0.1) is 8.95 Å². The van der Waals surface area contributed by atoms with Gasteiger partial charge in [-0.1, -0.05) is 36.4 Å². The minimum absolute atomic E-state index is 0. The molecule has 0 aliphatic carbocycles. The minimum Gasteiger partial charge on any atom is -0.487 e. The highest BCUT2D eigenvalue weighted by molar-refractivity contribution is 9.11. The van der Waals surface area contributed by atoms with E-state index in [0.717, 1.165) is 33.3 Å². The van der Waals surface area contributed by atoms with Gasteiger partial charge in [0, 0.05) is 25.5 Å². The molecule has 0 spiro atoms. The summed E-state index contributed by atoms with van der Waals surface area (Å²) in [6.07, 6.45) is 3.66. The predicted octanol–water partition coefficient (Wildman–Crippen LogP) is 5.90. The standard InChI is InChI=1S/C20H18Br2N2O.ClH/c21-18-9-17(13-24-12-16-7-4-8-23-11-16)10-19(22)20(18)25-14-15-5-2-1-3-6-15;/h1-11,24H,12-14H2;1H. The first-order valence-electron chi connectivity index (χ1n) is 7.96. The van der Waals surface area contributed by atoms with Crippen LogP contribution in [0.5, 0.6) is 5.75 Å². The topological polar surface area (TPSA) is 34.2 Å². The summed E-state index contributed by atoms with van der Waals surface area (Å²) >= 11 is 7.23. The molecule has 3 rings (SSSR count). The summed E-state index contributed by atoms with van der Waals surface area (Å²) in [5, 5.41) is 3.43. The summed E-state index contributed by atoms with van der Waals surface area (Å²) in [6, 6.07) is 18.3. The number of benzene rings is 2. The molecule has 136 valence electrons. The second-order valence-corrected chi connectivity index (χ2v) is 7.34. The first kappa shape index (κ1) is 20.9. The first-order valence-corrected chi connectivity index (χ1v) is 9.55. The van der Waals surface area contributed by atoms with Crippen LogP contribution in [0.15, 0.2) is 75.9 Å². The zero-order chi connectivity index (χ0) is 17.5. The molecule has 0 radical (unpaired) electrons. The lowest BCUT2D eigenvalue weighted by Gasteiger charge is -2.13. The molecule has 0 atom stereocenters. The number of hydrogen-bond acceptors (Lipinski definition) is 3. The molecule has 0 aliphatic heterocycles. The van der Waals surface area contributed by atoms with Gasteiger partial charge in [0.1, 0.15) is 12.4 Å². The molecule has 6 heteroatoms. The average molecular weight is 499 g/mol. The molecule has 1 aromatic heterocycles. The van der Waals surface area contributed by atoms with Gasteiger partial charge in [-0.3, -0.25) is 4.98 Å². The Morgan fingerprint density at radius 2 is 1.50 bits per heavy atom. The molecule has 0 saturated carbocycles. The van der Waals surface area contributed by atoms with Gasteiger partial charge in [0.15, 0.2) is 0 Å². The van der Waals surface area contributed by atoms with E-state index >= 15 is 0 Å². The largest absolute Gasteiger partial charge is 0.487 e. The van der Waals surface area contributed by atoms with Crippen LogP contribution in [0.1, 0.15) is 16.7 Å². The van der Waals surface area contributed by atoms with Gasteiger partial charge < -0.3 is 10.1 Å². The zero-order valence-corrected chi connectivity index (χ0v) is 18.0. The molecular formula is C20H19Br2ClN2O. The Bertz CT molecular complexity index is 794. The number of nitrogens with zero attached hydrogens (tertiary/aromatic N) is 1. The summed E-state index contributed by atoms with van der Waals surface area (Å²) in [7, 11) is 0. The Morgan fingerprint density at radius 3 is 2.15 bits per heavy atom. The fraction of sp³-hybridized carbons (Fsp3) is 0.150. The molecular weight excluding hydrogens is 479 g/mol. The zero-order valence-electron chi connectivity index (χ0n) is 14.0. The van der Waals surface area contributed by atoms with E-state index in [1.54, 1.807) is 6.20 Å². The molecule has 2 aromatic carbocycles. The summed E-state index contributed by atoms with van der Waals surface area (Å²) in [4.78, 5) is 4.12. The number of nitrogens with one attached hydrogen (secondary N) is 1. The summed E-state index contributed by atoms with van der Waals surface area (Å²) in [5.41, 5.74) is 3.49. The van der Waals surface area contributed by atoms with Crippen molar-refractivity contribution >= 4 is 44.3 Å². The van der Waals surface area contributed by atoms with E-state index in [0.29, 0.717) is 6.61 Å². The summed E-state index contributed by atoms with van der Waals surface area (Å²) in [5.74, 6) is 0.819. The molecule has 3 nitrogen and oxygen atoms in total. The van der Waals surface area contributed by atoms with E-state index < -0.39 is 0 Å². The molecule has 1 heterocycles. The summed E-state index contributed by atoms with van der Waals surface area (Å²) in [6.45, 7) is 2.09. The van der Waals surface area contributed by atoms with Crippen LogP contribution in [0.2, 0.25) is 0 Å². The number of aromatic nitrogens is 1. The highest BCUT2D eigenvalue weighted by Crippen LogP contribution is 2.35. The van der Waals surface area contributed by atoms with E-state index in [4.69, 9.17) is 4.74 Å². The Hall–Kier alpha value is -1.40. The van der Waals surface area contributed by atoms with Crippen molar-refractivity contribution in [3.8, 4) is 5.75 Å². The van der Waals surface area contributed by atoms with Crippen LogP contribution in [0.4, 0.5) is 0 Å². The van der Waals surface area contributed by atoms with E-state index in [1.807, 2.05) is 30.5 Å². The van der Waals surface area contributed by atoms with Gasteiger partial charge in [-0.25, -0.2) is 0 Å². The van der Waals surface area contributed by atoms with Crippen LogP contribution in [0.3, 0.4) is 0 Å². The van der Waals surface area contributed by atoms with E-state index in [-0.39, 0.29) is 12.4 Å². The van der Waals surface area contributed by atoms with Crippen LogP contribution in [0, 0.1) is 0 Å². The second kappa shape index (κ2) is 10.7. The average Bonchev–Trinajstić information content (AvgIpc) is 2.63. The van der Waals surface area contributed by atoms with Crippen LogP contribution in [-0.4, -0.2) is 4.98 Å². The van der Waals surface area contributed by atoms with Crippen LogP contribution < -0.4 is 10.1 Å². The maximum atomic E-state index is 5.96. The van der Waals surface area contributed by atoms with E-state index in [1.165, 1.54) is 11.1 Å². The van der Waals surface area contributed by atoms with Crippen molar-refractivity contribution in [1.82, 2.24) is 10.3 Å². The normalized spacial score (nSPS) is 10.2. The number of halogens is 3. The van der Waals surface area contributed by atoms with Crippen molar-refractivity contribution < 1.29 is 4.74 Å². The monoisotopic (exact) mass is 496 g/mol. The maximum absolute atomic E-state index is 5.96. The van der Waals surface area contributed by atoms with Crippen LogP contribution >= 0.6 is 44.3 Å². The second-order valence-electron chi connectivity index (χ2n) is 5.63. The van der Waals surface area contributed by atoms with Gasteiger partial charge in [0.2, 0.25) is 0 Å². The number of pyridine rings is 1. The lowest BCUT2D eigenvalue weighted by Crippen LogP contribution is -2.13. The van der Waals surface area contributed by atoms with Crippen molar-refractivity contribution in [2.24, 2.45) is 0 Å². The fourth-order valence-corrected chi connectivity index (χ4v) is 3.95. The van der Waals surface area contributed by atoms with E-state index in [2.05, 4.69) is 72.5 Å². The van der Waals surface area contributed by atoms with Crippen molar-refractivity contribution in [2.75, 3.05) is 0 Å². The number of ether oxygens (including phenoxy) is 1. The Morgan fingerprint density at radius 1 is 0.846 bits per heavy atom. The molecule has 0 aliphatic rings. The Labute approximate surface area is 176 Å². The third kappa shape index (κ3) is 6.09. The fourth-order valence-electron chi connectivity index (χ4n) is 2.44. The van der Waals surface area contributed by atoms with Gasteiger partial charge >= 0.3 is 0 Å². The highest BCUT2D eigenvalue weighted by Gasteiger charge is 2.09. The predicted molar refractivity (Wildman–Crippen MR) is 115 cm³/mol. The molecule has 0 bridgehead atoms. The van der Waals surface area contributed by atoms with Gasteiger partial charge in [-0.2, -0.15) is 0 Å². The lowest BCUT2D eigenvalue weighted by molar-refractivity contribution is 0.302. The van der Waals surface area contributed by atoms with Crippen molar-refractivity contribution in [3.63, 3.8) is 0 Å². The van der Waals surface area contributed by atoms with E-state index in [9.17, 15) is 0 Å². The lowest BCUT2D eigenvalue weighted by atomic mass is 10.2. The van der Waals surface area contributed by atoms with Gasteiger partial charge in [-0.05, 0) is 66.7 Å². The number of rotatable bonds is 7. The quantitative estimate of drug-likeness (QED) is 0.441. The van der Waals surface area contributed by atoms with Gasteiger partial charge in [-0.15, -0.1) is 12.4 Å². The highest BCUT2D eigenvalue weighted by atomic mass is 79.9. The van der Waals surface area contributed by atoms with Crippen molar-refractivity contribution in [3.05, 3.63) is 92.6 Å². The minimum atomic E-state index is 0. The van der Waals surface area contributed by atoms with Gasteiger partial charge in [0.25, 0.3) is 0 Å². The molecule has 0 saturated heterocycles. The van der Waals surface area contributed by atoms with Crippen molar-refractivity contribution in [2.45, 2.75) is 19.7 Å². The first-order chi connectivity index (χ1) is 12.2.